The summed E-state index contributed by atoms with van der Waals surface area (Å²) in [7, 11) is 0. The summed E-state index contributed by atoms with van der Waals surface area (Å²) >= 11 is 0. The summed E-state index contributed by atoms with van der Waals surface area (Å²) in [4.78, 5) is 9.40. The Morgan fingerprint density at radius 1 is 0.900 bits per heavy atom. The molecule has 0 amide bonds. The molecule has 3 heterocycles. The summed E-state index contributed by atoms with van der Waals surface area (Å²) in [6.07, 6.45) is 2.45. The van der Waals surface area contributed by atoms with Crippen molar-refractivity contribution in [3.05, 3.63) is 72.6 Å². The second-order valence-electron chi connectivity index (χ2n) is 7.29. The molecule has 1 aliphatic rings. The van der Waals surface area contributed by atoms with Crippen LogP contribution in [0.25, 0.3) is 33.3 Å². The molecule has 2 aromatic heterocycles. The van der Waals surface area contributed by atoms with E-state index in [1.54, 1.807) is 6.20 Å². The number of nitrogens with zero attached hydrogens (tertiary/aromatic N) is 2. The van der Waals surface area contributed by atoms with Crippen molar-refractivity contribution < 1.29 is 9.47 Å². The van der Waals surface area contributed by atoms with E-state index in [1.807, 2.05) is 36.4 Å². The van der Waals surface area contributed by atoms with Gasteiger partial charge in [0, 0.05) is 23.2 Å². The van der Waals surface area contributed by atoms with Gasteiger partial charge in [-0.25, -0.2) is 0 Å². The Morgan fingerprint density at radius 3 is 2.50 bits per heavy atom. The molecule has 0 saturated heterocycles. The summed E-state index contributed by atoms with van der Waals surface area (Å²) in [6, 6.07) is 19.9. The molecular weight excluding hydrogens is 376 g/mol. The molecule has 1 atom stereocenters. The number of ether oxygens (including phenoxy) is 2. The third-order valence-corrected chi connectivity index (χ3v) is 5.34. The number of rotatable bonds is 5. The van der Waals surface area contributed by atoms with E-state index < -0.39 is 0 Å². The van der Waals surface area contributed by atoms with E-state index in [4.69, 9.17) is 25.9 Å². The van der Waals surface area contributed by atoms with Crippen molar-refractivity contribution in [2.45, 2.75) is 12.5 Å². The second kappa shape index (κ2) is 7.74. The molecule has 2 aromatic carbocycles. The first-order valence-corrected chi connectivity index (χ1v) is 9.95. The van der Waals surface area contributed by atoms with E-state index in [2.05, 4.69) is 29.2 Å². The predicted octanol–water partition coefficient (Wildman–Crippen LogP) is 4.04. The number of benzene rings is 2. The van der Waals surface area contributed by atoms with E-state index in [0.717, 1.165) is 50.5 Å². The van der Waals surface area contributed by atoms with Gasteiger partial charge in [0.25, 0.3) is 0 Å². The molecule has 0 radical (unpaired) electrons. The van der Waals surface area contributed by atoms with Crippen molar-refractivity contribution >= 4 is 10.9 Å². The van der Waals surface area contributed by atoms with E-state index in [-0.39, 0.29) is 12.8 Å². The normalized spacial score (nSPS) is 13.5. The molecule has 4 N–H and O–H groups in total. The summed E-state index contributed by atoms with van der Waals surface area (Å²) in [5.74, 6) is 1.56. The lowest BCUT2D eigenvalue weighted by atomic mass is 10.0. The number of aromatic nitrogens is 2. The molecule has 0 saturated carbocycles. The highest BCUT2D eigenvalue weighted by Gasteiger charge is 2.16. The van der Waals surface area contributed by atoms with Crippen LogP contribution in [-0.2, 0) is 0 Å². The Morgan fingerprint density at radius 2 is 1.67 bits per heavy atom. The lowest BCUT2D eigenvalue weighted by molar-refractivity contribution is 0.174. The highest BCUT2D eigenvalue weighted by molar-refractivity contribution is 5.85. The van der Waals surface area contributed by atoms with Crippen LogP contribution in [0, 0.1) is 0 Å². The molecule has 150 valence electrons. The zero-order valence-corrected chi connectivity index (χ0v) is 16.4. The highest BCUT2D eigenvalue weighted by Crippen LogP contribution is 2.36. The van der Waals surface area contributed by atoms with Crippen LogP contribution in [0.1, 0.15) is 18.2 Å². The van der Waals surface area contributed by atoms with Gasteiger partial charge in [0.1, 0.15) is 0 Å². The van der Waals surface area contributed by atoms with Gasteiger partial charge >= 0.3 is 0 Å². The fourth-order valence-corrected chi connectivity index (χ4v) is 3.76. The predicted molar refractivity (Wildman–Crippen MR) is 117 cm³/mol. The number of hydrogen-bond acceptors (Lipinski definition) is 6. The van der Waals surface area contributed by atoms with Crippen LogP contribution >= 0.6 is 0 Å². The molecule has 0 fully saturated rings. The Bertz CT molecular complexity index is 1210. The largest absolute Gasteiger partial charge is 0.454 e. The first-order chi connectivity index (χ1) is 14.7. The highest BCUT2D eigenvalue weighted by atomic mass is 16.7. The van der Waals surface area contributed by atoms with E-state index in [0.29, 0.717) is 13.0 Å². The van der Waals surface area contributed by atoms with Crippen molar-refractivity contribution in [3.8, 4) is 33.9 Å². The fraction of sp³-hybridized carbons (Fsp3) is 0.167. The van der Waals surface area contributed by atoms with Gasteiger partial charge < -0.3 is 20.9 Å². The molecule has 1 aliphatic heterocycles. The minimum atomic E-state index is -0.227. The molecule has 1 unspecified atom stereocenters. The molecular formula is C24H22N4O2. The van der Waals surface area contributed by atoms with Crippen molar-refractivity contribution in [1.82, 2.24) is 9.97 Å². The lowest BCUT2D eigenvalue weighted by Crippen LogP contribution is -2.17. The van der Waals surface area contributed by atoms with Gasteiger partial charge in [0.05, 0.1) is 16.9 Å². The number of nitrogens with two attached hydrogens (primary N) is 2. The third kappa shape index (κ3) is 3.36. The molecule has 0 aliphatic carbocycles. The molecule has 5 rings (SSSR count). The number of pyridine rings is 2. The smallest absolute Gasteiger partial charge is 0.231 e. The average molecular weight is 398 g/mol. The molecule has 6 heteroatoms. The number of hydrogen-bond donors (Lipinski definition) is 2. The van der Waals surface area contributed by atoms with Gasteiger partial charge in [-0.1, -0.05) is 30.3 Å². The van der Waals surface area contributed by atoms with E-state index >= 15 is 0 Å². The Balaban J connectivity index is 1.52. The van der Waals surface area contributed by atoms with Gasteiger partial charge in [-0.2, -0.15) is 0 Å². The lowest BCUT2D eigenvalue weighted by Gasteiger charge is -2.15. The topological polar surface area (TPSA) is 96.3 Å². The van der Waals surface area contributed by atoms with E-state index in [9.17, 15) is 0 Å². The van der Waals surface area contributed by atoms with Crippen molar-refractivity contribution in [2.75, 3.05) is 13.3 Å². The Kier molecular flexibility index (Phi) is 4.78. The van der Waals surface area contributed by atoms with Gasteiger partial charge in [-0.3, -0.25) is 9.97 Å². The second-order valence-corrected chi connectivity index (χ2v) is 7.29. The molecule has 6 nitrogen and oxygen atoms in total. The van der Waals surface area contributed by atoms with Crippen LogP contribution in [0.4, 0.5) is 0 Å². The Labute approximate surface area is 174 Å². The van der Waals surface area contributed by atoms with Crippen LogP contribution in [0.2, 0.25) is 0 Å². The summed E-state index contributed by atoms with van der Waals surface area (Å²) in [5.41, 5.74) is 17.8. The van der Waals surface area contributed by atoms with Crippen LogP contribution in [0.5, 0.6) is 11.5 Å². The average Bonchev–Trinajstić information content (AvgIpc) is 3.26. The molecule has 4 aromatic rings. The van der Waals surface area contributed by atoms with Crippen LogP contribution in [0.3, 0.4) is 0 Å². The zero-order chi connectivity index (χ0) is 20.5. The molecule has 30 heavy (non-hydrogen) atoms. The maximum absolute atomic E-state index is 6.37. The summed E-state index contributed by atoms with van der Waals surface area (Å²) in [6.45, 7) is 0.785. The van der Waals surface area contributed by atoms with E-state index in [1.165, 1.54) is 0 Å². The maximum atomic E-state index is 6.37. The number of fused-ring (bicyclic) bond motifs is 2. The van der Waals surface area contributed by atoms with Crippen molar-refractivity contribution in [1.29, 1.82) is 0 Å². The zero-order valence-electron chi connectivity index (χ0n) is 16.4. The van der Waals surface area contributed by atoms with Crippen molar-refractivity contribution in [2.24, 2.45) is 11.5 Å². The fourth-order valence-electron chi connectivity index (χ4n) is 3.76. The van der Waals surface area contributed by atoms with Gasteiger partial charge in [0.2, 0.25) is 6.79 Å². The molecule has 0 spiro atoms. The summed E-state index contributed by atoms with van der Waals surface area (Å²) < 4.78 is 10.9. The first-order valence-electron chi connectivity index (χ1n) is 9.95. The SMILES string of the molecule is NCCC(N)c1nc(-c2ccc(-c3ccc4c(c3)OCO4)cc2)cc2ncccc12. The third-order valence-electron chi connectivity index (χ3n) is 5.34. The monoisotopic (exact) mass is 398 g/mol. The van der Waals surface area contributed by atoms with Gasteiger partial charge in [0.15, 0.2) is 11.5 Å². The van der Waals surface area contributed by atoms with Gasteiger partial charge in [-0.05, 0) is 54.4 Å². The Hall–Kier alpha value is -3.48. The standard InChI is InChI=1S/C24H22N4O2/c25-10-9-19(26)24-18-2-1-11-27-21(18)13-20(28-24)16-5-3-15(4-6-16)17-7-8-22-23(12-17)30-14-29-22/h1-8,11-13,19H,9-10,14,25-26H2. The van der Waals surface area contributed by atoms with Gasteiger partial charge in [-0.15, -0.1) is 0 Å². The van der Waals surface area contributed by atoms with Crippen molar-refractivity contribution in [3.63, 3.8) is 0 Å². The maximum Gasteiger partial charge on any atom is 0.231 e. The summed E-state index contributed by atoms with van der Waals surface area (Å²) in [5, 5.41) is 0.971. The van der Waals surface area contributed by atoms with Crippen LogP contribution in [-0.4, -0.2) is 23.3 Å². The first kappa shape index (κ1) is 18.5. The minimum Gasteiger partial charge on any atom is -0.454 e. The van der Waals surface area contributed by atoms with Crippen LogP contribution < -0.4 is 20.9 Å². The quantitative estimate of drug-likeness (QED) is 0.527. The minimum absolute atomic E-state index is 0.227. The van der Waals surface area contributed by atoms with Crippen LogP contribution in [0.15, 0.2) is 66.9 Å². The molecule has 0 bridgehead atoms.